The number of allylic oxidation sites excluding steroid dienone is 6. The molecule has 0 aliphatic carbocycles. The molecule has 2 rings (SSSR count). The standard InChI is InChI=1S/C36H55NO3/c1-6-7-8-9-10-11-12-13-14-15-16-17-18-19-20-21-35(38)40-28-33(36(4,5)39)32-27-37-34-26-30(23-22-29(2)3)24-25-31(32)34/h10-11,13-14,22,24-27,33,37,39H,6-9,12,15-21,23,28H2,1-5H3/b11-10-,14-13-/t33-/m0/s1. The van der Waals surface area contributed by atoms with E-state index in [4.69, 9.17) is 4.74 Å². The van der Waals surface area contributed by atoms with E-state index in [0.717, 1.165) is 55.0 Å². The fraction of sp³-hybridized carbons (Fsp3) is 0.583. The number of fused-ring (bicyclic) bond motifs is 1. The van der Waals surface area contributed by atoms with Gasteiger partial charge in [0.05, 0.1) is 5.60 Å². The molecular weight excluding hydrogens is 494 g/mol. The molecule has 40 heavy (non-hydrogen) atoms. The normalized spacial score (nSPS) is 12.9. The number of aliphatic hydroxyl groups is 1. The molecule has 1 aromatic carbocycles. The number of hydrogen-bond donors (Lipinski definition) is 2. The number of esters is 1. The summed E-state index contributed by atoms with van der Waals surface area (Å²) in [4.78, 5) is 15.8. The Morgan fingerprint density at radius 1 is 0.975 bits per heavy atom. The van der Waals surface area contributed by atoms with Crippen LogP contribution in [0.1, 0.15) is 129 Å². The lowest BCUT2D eigenvalue weighted by molar-refractivity contribution is -0.145. The molecular formula is C36H55NO3. The van der Waals surface area contributed by atoms with Crippen LogP contribution in [0.3, 0.4) is 0 Å². The first-order valence-corrected chi connectivity index (χ1v) is 15.6. The molecule has 1 heterocycles. The van der Waals surface area contributed by atoms with Crippen molar-refractivity contribution in [2.75, 3.05) is 6.61 Å². The highest BCUT2D eigenvalue weighted by Gasteiger charge is 2.31. The van der Waals surface area contributed by atoms with Crippen molar-refractivity contribution in [3.63, 3.8) is 0 Å². The third kappa shape index (κ3) is 13.2. The van der Waals surface area contributed by atoms with Gasteiger partial charge in [-0.2, -0.15) is 0 Å². The van der Waals surface area contributed by atoms with Gasteiger partial charge in [-0.25, -0.2) is 0 Å². The van der Waals surface area contributed by atoms with Gasteiger partial charge in [-0.15, -0.1) is 0 Å². The number of aromatic amines is 1. The van der Waals surface area contributed by atoms with Crippen LogP contribution in [0.15, 0.2) is 60.3 Å². The van der Waals surface area contributed by atoms with E-state index in [1.807, 2.05) is 6.20 Å². The third-order valence-electron chi connectivity index (χ3n) is 7.49. The topological polar surface area (TPSA) is 62.3 Å². The zero-order chi connectivity index (χ0) is 29.2. The van der Waals surface area contributed by atoms with E-state index in [0.29, 0.717) is 6.42 Å². The molecule has 222 valence electrons. The zero-order valence-electron chi connectivity index (χ0n) is 25.9. The van der Waals surface area contributed by atoms with Crippen molar-refractivity contribution in [2.24, 2.45) is 0 Å². The quantitative estimate of drug-likeness (QED) is 0.0981. The maximum Gasteiger partial charge on any atom is 0.305 e. The van der Waals surface area contributed by atoms with E-state index in [-0.39, 0.29) is 18.5 Å². The largest absolute Gasteiger partial charge is 0.465 e. The number of nitrogens with one attached hydrogen (secondary N) is 1. The number of benzene rings is 1. The van der Waals surface area contributed by atoms with Gasteiger partial charge in [-0.1, -0.05) is 87.1 Å². The second kappa shape index (κ2) is 18.7. The second-order valence-corrected chi connectivity index (χ2v) is 12.0. The fourth-order valence-electron chi connectivity index (χ4n) is 4.94. The number of hydrogen-bond acceptors (Lipinski definition) is 3. The van der Waals surface area contributed by atoms with E-state index in [2.05, 4.69) is 74.3 Å². The highest BCUT2D eigenvalue weighted by atomic mass is 16.5. The molecule has 1 aromatic heterocycles. The van der Waals surface area contributed by atoms with Crippen molar-refractivity contribution in [1.29, 1.82) is 0 Å². The third-order valence-corrected chi connectivity index (χ3v) is 7.49. The van der Waals surface area contributed by atoms with Crippen LogP contribution < -0.4 is 0 Å². The molecule has 0 aliphatic heterocycles. The Balaban J connectivity index is 1.68. The molecule has 1 atom stereocenters. The Morgan fingerprint density at radius 2 is 1.65 bits per heavy atom. The van der Waals surface area contributed by atoms with Crippen LogP contribution >= 0.6 is 0 Å². The van der Waals surface area contributed by atoms with Crippen LogP contribution in [-0.4, -0.2) is 28.3 Å². The van der Waals surface area contributed by atoms with Gasteiger partial charge in [-0.3, -0.25) is 4.79 Å². The predicted octanol–water partition coefficient (Wildman–Crippen LogP) is 9.89. The average molecular weight is 550 g/mol. The molecule has 0 unspecified atom stereocenters. The zero-order valence-corrected chi connectivity index (χ0v) is 25.9. The molecule has 0 amide bonds. The summed E-state index contributed by atoms with van der Waals surface area (Å²) in [5.41, 5.74) is 3.55. The lowest BCUT2D eigenvalue weighted by Crippen LogP contribution is -2.33. The lowest BCUT2D eigenvalue weighted by Gasteiger charge is -2.29. The summed E-state index contributed by atoms with van der Waals surface area (Å²) in [5.74, 6) is -0.484. The van der Waals surface area contributed by atoms with Crippen LogP contribution in [0.5, 0.6) is 0 Å². The molecule has 0 saturated heterocycles. The number of ether oxygens (including phenoxy) is 1. The summed E-state index contributed by atoms with van der Waals surface area (Å²) >= 11 is 0. The summed E-state index contributed by atoms with van der Waals surface area (Å²) in [5, 5.41) is 12.0. The number of carbonyl (C=O) groups excluding carboxylic acids is 1. The Morgan fingerprint density at radius 3 is 2.33 bits per heavy atom. The fourth-order valence-corrected chi connectivity index (χ4v) is 4.94. The second-order valence-electron chi connectivity index (χ2n) is 12.0. The molecule has 0 bridgehead atoms. The summed E-state index contributed by atoms with van der Waals surface area (Å²) < 4.78 is 5.68. The van der Waals surface area contributed by atoms with Crippen molar-refractivity contribution in [2.45, 2.75) is 130 Å². The van der Waals surface area contributed by atoms with E-state index in [1.165, 1.54) is 49.7 Å². The van der Waals surface area contributed by atoms with Gasteiger partial charge in [0.25, 0.3) is 0 Å². The first-order chi connectivity index (χ1) is 19.2. The molecule has 0 radical (unpaired) electrons. The highest BCUT2D eigenvalue weighted by Crippen LogP contribution is 2.34. The Labute approximate surface area is 244 Å². The number of aromatic nitrogens is 1. The minimum Gasteiger partial charge on any atom is -0.465 e. The van der Waals surface area contributed by atoms with E-state index in [1.54, 1.807) is 13.8 Å². The molecule has 2 aromatic rings. The SMILES string of the molecule is CCCCC/C=C\C/C=C\CCCCCCCC(=O)OC[C@@H](c1c[nH]c2cc(CC=C(C)C)ccc12)C(C)(C)O. The van der Waals surface area contributed by atoms with E-state index < -0.39 is 5.60 Å². The maximum absolute atomic E-state index is 12.5. The van der Waals surface area contributed by atoms with Gasteiger partial charge >= 0.3 is 5.97 Å². The summed E-state index contributed by atoms with van der Waals surface area (Å²) in [6.45, 7) is 10.2. The minimum atomic E-state index is -1.02. The first-order valence-electron chi connectivity index (χ1n) is 15.6. The van der Waals surface area contributed by atoms with E-state index in [9.17, 15) is 9.90 Å². The van der Waals surface area contributed by atoms with Crippen LogP contribution in [0.25, 0.3) is 10.9 Å². The molecule has 0 saturated carbocycles. The molecule has 4 heteroatoms. The van der Waals surface area contributed by atoms with Crippen molar-refractivity contribution in [3.05, 3.63) is 71.5 Å². The molecule has 4 nitrogen and oxygen atoms in total. The smallest absolute Gasteiger partial charge is 0.305 e. The van der Waals surface area contributed by atoms with Crippen LogP contribution in [-0.2, 0) is 16.0 Å². The van der Waals surface area contributed by atoms with Crippen LogP contribution in [0, 0.1) is 0 Å². The van der Waals surface area contributed by atoms with Crippen molar-refractivity contribution < 1.29 is 14.6 Å². The molecule has 0 fully saturated rings. The number of H-pyrrole nitrogens is 1. The van der Waals surface area contributed by atoms with Crippen LogP contribution in [0.4, 0.5) is 0 Å². The Kier molecular flexibility index (Phi) is 15.7. The lowest BCUT2D eigenvalue weighted by atomic mass is 9.85. The van der Waals surface area contributed by atoms with Gasteiger partial charge in [-0.05, 0) is 89.8 Å². The summed E-state index contributed by atoms with van der Waals surface area (Å²) in [6.07, 6.45) is 27.4. The van der Waals surface area contributed by atoms with Gasteiger partial charge < -0.3 is 14.8 Å². The highest BCUT2D eigenvalue weighted by molar-refractivity contribution is 5.84. The van der Waals surface area contributed by atoms with E-state index >= 15 is 0 Å². The molecule has 2 N–H and O–H groups in total. The average Bonchev–Trinajstić information content (AvgIpc) is 3.31. The molecule has 0 spiro atoms. The Bertz CT molecular complexity index is 1080. The maximum atomic E-state index is 12.5. The summed E-state index contributed by atoms with van der Waals surface area (Å²) in [7, 11) is 0. The van der Waals surface area contributed by atoms with Gasteiger partial charge in [0.2, 0.25) is 0 Å². The Hall–Kier alpha value is -2.59. The first kappa shape index (κ1) is 33.6. The van der Waals surface area contributed by atoms with Gasteiger partial charge in [0.1, 0.15) is 6.61 Å². The number of rotatable bonds is 20. The predicted molar refractivity (Wildman–Crippen MR) is 171 cm³/mol. The van der Waals surface area contributed by atoms with Crippen molar-refractivity contribution in [3.8, 4) is 0 Å². The monoisotopic (exact) mass is 549 g/mol. The number of unbranched alkanes of at least 4 members (excludes halogenated alkanes) is 8. The van der Waals surface area contributed by atoms with Crippen LogP contribution in [0.2, 0.25) is 0 Å². The molecule has 0 aliphatic rings. The van der Waals surface area contributed by atoms with Gasteiger partial charge in [0, 0.05) is 29.4 Å². The van der Waals surface area contributed by atoms with Gasteiger partial charge in [0.15, 0.2) is 0 Å². The minimum absolute atomic E-state index is 0.176. The van der Waals surface area contributed by atoms with Crippen molar-refractivity contribution >= 4 is 16.9 Å². The number of carbonyl (C=O) groups is 1. The summed E-state index contributed by atoms with van der Waals surface area (Å²) in [6, 6.07) is 6.41. The van der Waals surface area contributed by atoms with Crippen molar-refractivity contribution in [1.82, 2.24) is 4.98 Å².